The molecule has 0 aliphatic rings. The van der Waals surface area contributed by atoms with E-state index in [0.29, 0.717) is 12.3 Å². The van der Waals surface area contributed by atoms with Crippen molar-refractivity contribution in [1.82, 2.24) is 5.32 Å². The monoisotopic (exact) mass is 243 g/mol. The maximum absolute atomic E-state index is 10.5. The zero-order valence-electron chi connectivity index (χ0n) is 7.90. The van der Waals surface area contributed by atoms with Crippen LogP contribution in [-0.4, -0.2) is 32.4 Å². The third kappa shape index (κ3) is 6.46. The van der Waals surface area contributed by atoms with E-state index in [1.807, 2.05) is 0 Å². The summed E-state index contributed by atoms with van der Waals surface area (Å²) in [6.07, 6.45) is 0. The number of hydrogen-bond donors (Lipinski definition) is 1. The standard InChI is InChI=1S/C6H14NO3PS2/c1-6(8)7-4-5-13-11(12,9-2)10-3/h4-5H2,1-3H3,(H,7,8). The summed E-state index contributed by atoms with van der Waals surface area (Å²) in [6.45, 7) is 2.07. The molecule has 0 aromatic heterocycles. The molecule has 0 heterocycles. The van der Waals surface area contributed by atoms with Gasteiger partial charge in [0.25, 0.3) is 0 Å². The van der Waals surface area contributed by atoms with Crippen molar-refractivity contribution in [2.75, 3.05) is 26.5 Å². The first-order valence-corrected chi connectivity index (χ1v) is 7.87. The molecule has 0 aromatic carbocycles. The number of amides is 1. The molecular weight excluding hydrogens is 229 g/mol. The first-order chi connectivity index (χ1) is 6.04. The van der Waals surface area contributed by atoms with E-state index in [-0.39, 0.29) is 5.91 Å². The molecule has 0 atom stereocenters. The zero-order chi connectivity index (χ0) is 10.3. The highest BCUT2D eigenvalue weighted by atomic mass is 32.9. The number of carbonyl (C=O) groups is 1. The smallest absolute Gasteiger partial charge is 0.246 e. The van der Waals surface area contributed by atoms with Gasteiger partial charge < -0.3 is 14.4 Å². The molecule has 0 saturated carbocycles. The molecule has 0 aliphatic carbocycles. The highest BCUT2D eigenvalue weighted by molar-refractivity contribution is 8.67. The summed E-state index contributed by atoms with van der Waals surface area (Å²) in [6, 6.07) is 0. The molecule has 0 bridgehead atoms. The van der Waals surface area contributed by atoms with E-state index in [1.165, 1.54) is 32.5 Å². The Morgan fingerprint density at radius 1 is 1.54 bits per heavy atom. The minimum absolute atomic E-state index is 0.0382. The number of nitrogens with one attached hydrogen (secondary N) is 1. The summed E-state index contributed by atoms with van der Waals surface area (Å²) in [5, 5.41) is 2.67. The average Bonchev–Trinajstić information content (AvgIpc) is 2.12. The Morgan fingerprint density at radius 2 is 2.08 bits per heavy atom. The predicted molar refractivity (Wildman–Crippen MR) is 59.4 cm³/mol. The molecule has 0 rings (SSSR count). The Hall–Kier alpha value is 0.390. The fourth-order valence-electron chi connectivity index (χ4n) is 0.564. The summed E-state index contributed by atoms with van der Waals surface area (Å²) in [5.41, 5.74) is -2.14. The lowest BCUT2D eigenvalue weighted by Gasteiger charge is -2.16. The number of rotatable bonds is 6. The predicted octanol–water partition coefficient (Wildman–Crippen LogP) is 1.37. The SMILES string of the molecule is COP(=S)(OC)SCCNC(C)=O. The summed E-state index contributed by atoms with van der Waals surface area (Å²) < 4.78 is 10.1. The quantitative estimate of drug-likeness (QED) is 0.564. The summed E-state index contributed by atoms with van der Waals surface area (Å²) in [7, 11) is 3.07. The van der Waals surface area contributed by atoms with E-state index in [0.717, 1.165) is 0 Å². The highest BCUT2D eigenvalue weighted by Gasteiger charge is 2.15. The van der Waals surface area contributed by atoms with Crippen molar-refractivity contribution in [3.63, 3.8) is 0 Å². The van der Waals surface area contributed by atoms with E-state index in [4.69, 9.17) is 20.9 Å². The fourth-order valence-corrected chi connectivity index (χ4v) is 3.59. The van der Waals surface area contributed by atoms with Gasteiger partial charge >= 0.3 is 0 Å². The van der Waals surface area contributed by atoms with E-state index in [9.17, 15) is 4.79 Å². The third-order valence-corrected chi connectivity index (χ3v) is 7.00. The van der Waals surface area contributed by atoms with E-state index in [1.54, 1.807) is 0 Å². The van der Waals surface area contributed by atoms with Gasteiger partial charge in [-0.15, -0.1) is 0 Å². The number of hydrogen-bond acceptors (Lipinski definition) is 5. The van der Waals surface area contributed by atoms with Crippen LogP contribution in [0.5, 0.6) is 0 Å². The van der Waals surface area contributed by atoms with Gasteiger partial charge in [0.15, 0.2) is 0 Å². The zero-order valence-corrected chi connectivity index (χ0v) is 10.4. The highest BCUT2D eigenvalue weighted by Crippen LogP contribution is 2.59. The fraction of sp³-hybridized carbons (Fsp3) is 0.833. The average molecular weight is 243 g/mol. The minimum Gasteiger partial charge on any atom is -0.356 e. The molecule has 0 radical (unpaired) electrons. The first kappa shape index (κ1) is 13.4. The van der Waals surface area contributed by atoms with Gasteiger partial charge in [0.05, 0.1) is 0 Å². The summed E-state index contributed by atoms with van der Waals surface area (Å²) in [5.74, 6) is 0.669. The minimum atomic E-state index is -2.14. The van der Waals surface area contributed by atoms with Crippen LogP contribution in [0.2, 0.25) is 0 Å². The Morgan fingerprint density at radius 3 is 2.46 bits per heavy atom. The Labute approximate surface area is 87.7 Å². The molecule has 78 valence electrons. The van der Waals surface area contributed by atoms with Crippen LogP contribution in [0.25, 0.3) is 0 Å². The van der Waals surface area contributed by atoms with Gasteiger partial charge in [0.1, 0.15) is 0 Å². The van der Waals surface area contributed by atoms with Crippen LogP contribution in [0.4, 0.5) is 0 Å². The van der Waals surface area contributed by atoms with E-state index >= 15 is 0 Å². The summed E-state index contributed by atoms with van der Waals surface area (Å²) >= 11 is 6.53. The van der Waals surface area contributed by atoms with Crippen molar-refractivity contribution < 1.29 is 13.8 Å². The molecule has 0 unspecified atom stereocenters. The van der Waals surface area contributed by atoms with Crippen molar-refractivity contribution in [2.45, 2.75) is 6.92 Å². The molecule has 1 amide bonds. The largest absolute Gasteiger partial charge is 0.356 e. The number of carbonyl (C=O) groups excluding carboxylic acids is 1. The molecule has 0 fully saturated rings. The van der Waals surface area contributed by atoms with Crippen LogP contribution < -0.4 is 5.32 Å². The molecule has 7 heteroatoms. The Balaban J connectivity index is 3.62. The van der Waals surface area contributed by atoms with Crippen LogP contribution in [0.1, 0.15) is 6.92 Å². The maximum Gasteiger partial charge on any atom is 0.246 e. The molecule has 13 heavy (non-hydrogen) atoms. The van der Waals surface area contributed by atoms with E-state index < -0.39 is 5.69 Å². The second-order valence-corrected chi connectivity index (χ2v) is 8.77. The molecule has 0 spiro atoms. The molecule has 0 aromatic rings. The lowest BCUT2D eigenvalue weighted by molar-refractivity contribution is -0.118. The Kier molecular flexibility index (Phi) is 6.99. The van der Waals surface area contributed by atoms with Crippen molar-refractivity contribution in [2.24, 2.45) is 0 Å². The van der Waals surface area contributed by atoms with Gasteiger partial charge in [-0.2, -0.15) is 0 Å². The van der Waals surface area contributed by atoms with Crippen LogP contribution in [0.15, 0.2) is 0 Å². The van der Waals surface area contributed by atoms with Gasteiger partial charge in [-0.25, -0.2) is 0 Å². The van der Waals surface area contributed by atoms with Crippen molar-refractivity contribution in [1.29, 1.82) is 0 Å². The topological polar surface area (TPSA) is 47.6 Å². The van der Waals surface area contributed by atoms with Gasteiger partial charge in [0.2, 0.25) is 11.6 Å². The lowest BCUT2D eigenvalue weighted by Crippen LogP contribution is -2.22. The first-order valence-electron chi connectivity index (χ1n) is 3.64. The van der Waals surface area contributed by atoms with Crippen LogP contribution >= 0.6 is 17.1 Å². The van der Waals surface area contributed by atoms with Crippen molar-refractivity contribution in [3.8, 4) is 0 Å². The van der Waals surface area contributed by atoms with Crippen LogP contribution in [0.3, 0.4) is 0 Å². The van der Waals surface area contributed by atoms with Gasteiger partial charge in [-0.1, -0.05) is 11.4 Å². The second-order valence-electron chi connectivity index (χ2n) is 2.13. The maximum atomic E-state index is 10.5. The van der Waals surface area contributed by atoms with Crippen molar-refractivity contribution >= 4 is 34.8 Å². The van der Waals surface area contributed by atoms with Gasteiger partial charge in [-0.05, 0) is 11.8 Å². The van der Waals surface area contributed by atoms with Crippen molar-refractivity contribution in [3.05, 3.63) is 0 Å². The van der Waals surface area contributed by atoms with E-state index in [2.05, 4.69) is 5.32 Å². The third-order valence-electron chi connectivity index (χ3n) is 1.17. The molecule has 0 saturated heterocycles. The Bertz CT molecular complexity index is 204. The van der Waals surface area contributed by atoms with Crippen LogP contribution in [0, 0.1) is 0 Å². The molecular formula is C6H14NO3PS2. The lowest BCUT2D eigenvalue weighted by atomic mass is 10.6. The second kappa shape index (κ2) is 6.79. The summed E-state index contributed by atoms with van der Waals surface area (Å²) in [4.78, 5) is 10.5. The normalized spacial score (nSPS) is 11.3. The molecule has 4 nitrogen and oxygen atoms in total. The van der Waals surface area contributed by atoms with Gasteiger partial charge in [-0.3, -0.25) is 4.79 Å². The molecule has 1 N–H and O–H groups in total. The molecule has 0 aliphatic heterocycles. The van der Waals surface area contributed by atoms with Crippen LogP contribution in [-0.2, 0) is 25.6 Å². The van der Waals surface area contributed by atoms with Gasteiger partial charge in [0, 0.05) is 33.4 Å².